The van der Waals surface area contributed by atoms with Gasteiger partial charge in [0, 0.05) is 38.7 Å². The number of carbonyl (C=O) groups is 1. The van der Waals surface area contributed by atoms with Crippen molar-refractivity contribution in [2.75, 3.05) is 7.05 Å². The summed E-state index contributed by atoms with van der Waals surface area (Å²) in [6.07, 6.45) is 3.96. The van der Waals surface area contributed by atoms with Gasteiger partial charge in [0.25, 0.3) is 0 Å². The van der Waals surface area contributed by atoms with Crippen LogP contribution in [0.2, 0.25) is 0 Å². The quantitative estimate of drug-likeness (QED) is 0.401. The van der Waals surface area contributed by atoms with Gasteiger partial charge in [-0.3, -0.25) is 4.68 Å². The summed E-state index contributed by atoms with van der Waals surface area (Å²) < 4.78 is 30.4. The highest BCUT2D eigenvalue weighted by molar-refractivity contribution is 7.89. The van der Waals surface area contributed by atoms with Crippen LogP contribution in [0, 0.1) is 0 Å². The molecule has 35 heavy (non-hydrogen) atoms. The van der Waals surface area contributed by atoms with Crippen LogP contribution in [0.3, 0.4) is 0 Å². The lowest BCUT2D eigenvalue weighted by atomic mass is 10.1. The molecule has 2 aromatic carbocycles. The molecule has 1 fully saturated rings. The summed E-state index contributed by atoms with van der Waals surface area (Å²) in [5.74, 6) is -1.02. The molecule has 0 saturated heterocycles. The summed E-state index contributed by atoms with van der Waals surface area (Å²) in [7, 11) is -0.324. The molecule has 11 heteroatoms. The van der Waals surface area contributed by atoms with E-state index in [1.54, 1.807) is 46.7 Å². The van der Waals surface area contributed by atoms with Crippen molar-refractivity contribution in [3.63, 3.8) is 0 Å². The zero-order valence-electron chi connectivity index (χ0n) is 19.2. The molecule has 1 aliphatic carbocycles. The third kappa shape index (κ3) is 4.35. The molecule has 180 valence electrons. The number of hydrogen-bond donors (Lipinski definition) is 1. The minimum absolute atomic E-state index is 0.0508. The highest BCUT2D eigenvalue weighted by Crippen LogP contribution is 2.55. The second kappa shape index (κ2) is 8.75. The van der Waals surface area contributed by atoms with Crippen LogP contribution in [-0.2, 0) is 23.6 Å². The Morgan fingerprint density at radius 1 is 1.14 bits per heavy atom. The van der Waals surface area contributed by atoms with E-state index in [0.29, 0.717) is 11.4 Å². The van der Waals surface area contributed by atoms with E-state index in [1.165, 1.54) is 17.5 Å². The molecule has 1 aliphatic rings. The van der Waals surface area contributed by atoms with Crippen molar-refractivity contribution in [3.8, 4) is 5.69 Å². The largest absolute Gasteiger partial charge is 0.478 e. The van der Waals surface area contributed by atoms with Gasteiger partial charge in [0.2, 0.25) is 10.0 Å². The van der Waals surface area contributed by atoms with Gasteiger partial charge in [-0.05, 0) is 36.2 Å². The van der Waals surface area contributed by atoms with Crippen molar-refractivity contribution in [1.29, 1.82) is 0 Å². The van der Waals surface area contributed by atoms with Crippen molar-refractivity contribution in [2.45, 2.75) is 29.7 Å². The van der Waals surface area contributed by atoms with Crippen LogP contribution >= 0.6 is 0 Å². The predicted octanol–water partition coefficient (Wildman–Crippen LogP) is 2.79. The zero-order chi connectivity index (χ0) is 24.7. The standard InChI is InChI=1S/C24H24N6O4S/c1-28-15-22(26-27-28)19-12-20(19)23-21(24(31)32)13-25-30(23)17-8-6-7-16(11-17)14-29(2)35(33,34)18-9-4-3-5-10-18/h3-11,13,15,19-20H,12,14H2,1-2H3,(H,31,32)/t19-,20-/m1/s1. The molecule has 10 nitrogen and oxygen atoms in total. The van der Waals surface area contributed by atoms with E-state index >= 15 is 0 Å². The van der Waals surface area contributed by atoms with Crippen molar-refractivity contribution < 1.29 is 18.3 Å². The molecule has 0 aliphatic heterocycles. The number of aromatic carboxylic acids is 1. The first kappa shape index (κ1) is 22.9. The summed E-state index contributed by atoms with van der Waals surface area (Å²) in [4.78, 5) is 12.2. The molecule has 0 spiro atoms. The molecule has 5 rings (SSSR count). The first-order valence-corrected chi connectivity index (χ1v) is 12.5. The number of aromatic nitrogens is 5. The van der Waals surface area contributed by atoms with Gasteiger partial charge in [-0.1, -0.05) is 35.5 Å². The van der Waals surface area contributed by atoms with Gasteiger partial charge in [-0.25, -0.2) is 17.9 Å². The van der Waals surface area contributed by atoms with E-state index in [9.17, 15) is 18.3 Å². The average molecular weight is 493 g/mol. The van der Waals surface area contributed by atoms with E-state index < -0.39 is 16.0 Å². The summed E-state index contributed by atoms with van der Waals surface area (Å²) in [6, 6.07) is 15.6. The lowest BCUT2D eigenvalue weighted by Crippen LogP contribution is -2.26. The smallest absolute Gasteiger partial charge is 0.339 e. The normalized spacial score (nSPS) is 17.6. The third-order valence-electron chi connectivity index (χ3n) is 6.19. The van der Waals surface area contributed by atoms with Gasteiger partial charge in [-0.2, -0.15) is 9.40 Å². The number of carboxylic acids is 1. The van der Waals surface area contributed by atoms with Crippen LogP contribution < -0.4 is 0 Å². The zero-order valence-corrected chi connectivity index (χ0v) is 20.0. The Hall–Kier alpha value is -3.83. The first-order chi connectivity index (χ1) is 16.8. The molecular weight excluding hydrogens is 468 g/mol. The molecule has 0 radical (unpaired) electrons. The van der Waals surface area contributed by atoms with Crippen molar-refractivity contribution in [3.05, 3.63) is 89.5 Å². The Kier molecular flexibility index (Phi) is 5.73. The van der Waals surface area contributed by atoms with Crippen LogP contribution in [0.1, 0.15) is 45.6 Å². The maximum Gasteiger partial charge on any atom is 0.339 e. The molecule has 1 N–H and O–H groups in total. The fraction of sp³-hybridized carbons (Fsp3) is 0.250. The Morgan fingerprint density at radius 3 is 2.60 bits per heavy atom. The van der Waals surface area contributed by atoms with Crippen LogP contribution in [-0.4, -0.2) is 55.6 Å². The molecule has 0 unspecified atom stereocenters. The number of benzene rings is 2. The van der Waals surface area contributed by atoms with Crippen LogP contribution in [0.25, 0.3) is 5.69 Å². The van der Waals surface area contributed by atoms with E-state index in [-0.39, 0.29) is 28.8 Å². The molecule has 2 atom stereocenters. The van der Waals surface area contributed by atoms with Gasteiger partial charge in [0.15, 0.2) is 0 Å². The number of aryl methyl sites for hydroxylation is 1. The molecule has 2 aromatic heterocycles. The van der Waals surface area contributed by atoms with Gasteiger partial charge in [0.05, 0.1) is 28.2 Å². The topological polar surface area (TPSA) is 123 Å². The maximum atomic E-state index is 12.9. The van der Waals surface area contributed by atoms with Crippen molar-refractivity contribution >= 4 is 16.0 Å². The Bertz CT molecular complexity index is 1500. The van der Waals surface area contributed by atoms with Crippen molar-refractivity contribution in [1.82, 2.24) is 29.1 Å². The van der Waals surface area contributed by atoms with E-state index in [4.69, 9.17) is 0 Å². The summed E-state index contributed by atoms with van der Waals surface area (Å²) >= 11 is 0. The van der Waals surface area contributed by atoms with Gasteiger partial charge >= 0.3 is 5.97 Å². The fourth-order valence-electron chi connectivity index (χ4n) is 4.35. The minimum atomic E-state index is -3.65. The average Bonchev–Trinajstić information content (AvgIpc) is 3.29. The SMILES string of the molecule is CN(Cc1cccc(-n2ncc(C(=O)O)c2[C@@H]2C[C@H]2c2cn(C)nn2)c1)S(=O)(=O)c1ccccc1. The lowest BCUT2D eigenvalue weighted by Gasteiger charge is -2.18. The predicted molar refractivity (Wildman–Crippen MR) is 127 cm³/mol. The molecule has 4 aromatic rings. The molecular formula is C24H24N6O4S. The Labute approximate surface area is 202 Å². The second-order valence-corrected chi connectivity index (χ2v) is 10.7. The highest BCUT2D eigenvalue weighted by atomic mass is 32.2. The maximum absolute atomic E-state index is 12.9. The van der Waals surface area contributed by atoms with Gasteiger partial charge < -0.3 is 5.11 Å². The van der Waals surface area contributed by atoms with Gasteiger partial charge in [0.1, 0.15) is 5.56 Å². The Morgan fingerprint density at radius 2 is 1.91 bits per heavy atom. The number of sulfonamides is 1. The number of hydrogen-bond acceptors (Lipinski definition) is 6. The summed E-state index contributed by atoms with van der Waals surface area (Å²) in [6.45, 7) is 0.152. The minimum Gasteiger partial charge on any atom is -0.478 e. The van der Waals surface area contributed by atoms with Crippen LogP contribution in [0.15, 0.2) is 71.9 Å². The summed E-state index contributed by atoms with van der Waals surface area (Å²) in [5.41, 5.74) is 3.00. The molecule has 2 heterocycles. The fourth-order valence-corrected chi connectivity index (χ4v) is 5.53. The molecule has 0 bridgehead atoms. The van der Waals surface area contributed by atoms with Crippen molar-refractivity contribution in [2.24, 2.45) is 7.05 Å². The van der Waals surface area contributed by atoms with Crippen LogP contribution in [0.5, 0.6) is 0 Å². The number of rotatable bonds is 8. The number of nitrogens with zero attached hydrogens (tertiary/aromatic N) is 6. The highest BCUT2D eigenvalue weighted by Gasteiger charge is 2.46. The second-order valence-electron chi connectivity index (χ2n) is 8.67. The molecule has 0 amide bonds. The van der Waals surface area contributed by atoms with Gasteiger partial charge in [-0.15, -0.1) is 5.10 Å². The summed E-state index contributed by atoms with van der Waals surface area (Å²) in [5, 5.41) is 22.3. The van der Waals surface area contributed by atoms with E-state index in [1.807, 2.05) is 30.5 Å². The first-order valence-electron chi connectivity index (χ1n) is 11.0. The molecule has 1 saturated carbocycles. The third-order valence-corrected chi connectivity index (χ3v) is 8.01. The van der Waals surface area contributed by atoms with Crippen LogP contribution in [0.4, 0.5) is 0 Å². The van der Waals surface area contributed by atoms with E-state index in [0.717, 1.165) is 17.7 Å². The monoisotopic (exact) mass is 492 g/mol. The number of carboxylic acid groups (broad SMARTS) is 1. The lowest BCUT2D eigenvalue weighted by molar-refractivity contribution is 0.0695. The van der Waals surface area contributed by atoms with E-state index in [2.05, 4.69) is 15.4 Å². The Balaban J connectivity index is 1.44.